The summed E-state index contributed by atoms with van der Waals surface area (Å²) >= 11 is 0. The van der Waals surface area contributed by atoms with Crippen molar-refractivity contribution in [2.75, 3.05) is 58.9 Å². The van der Waals surface area contributed by atoms with Gasteiger partial charge in [-0.2, -0.15) is 0 Å². The molecule has 0 radical (unpaired) electrons. The summed E-state index contributed by atoms with van der Waals surface area (Å²) in [5, 5.41) is 17.7. The average Bonchev–Trinajstić information content (AvgIpc) is 2.41. The first-order chi connectivity index (χ1) is 9.01. The molecule has 1 aliphatic heterocycles. The van der Waals surface area contributed by atoms with Crippen LogP contribution in [-0.2, 0) is 26.7 Å². The minimum absolute atomic E-state index is 0. The number of carboxylic acids is 2. The van der Waals surface area contributed by atoms with Gasteiger partial charge in [0.15, 0.2) is 0 Å². The summed E-state index contributed by atoms with van der Waals surface area (Å²) in [5.41, 5.74) is 0. The summed E-state index contributed by atoms with van der Waals surface area (Å²) in [7, 11) is 0. The standard InChI is InChI=1S/C12H23N3O4.Mn.H2O/c1-2-13-3-5-14(9-11(16)17)7-8-15(6-4-13)10-12(18)19;;/h2-10H2,1H3,(H,16,17)(H,18,19);;1H2/q;+3;. The molecule has 1 heterocycles. The Morgan fingerprint density at radius 1 is 0.810 bits per heavy atom. The average molecular weight is 346 g/mol. The van der Waals surface area contributed by atoms with E-state index in [9.17, 15) is 9.59 Å². The fraction of sp³-hybridized carbons (Fsp3) is 0.833. The zero-order valence-corrected chi connectivity index (χ0v) is 13.5. The molecule has 0 amide bonds. The van der Waals surface area contributed by atoms with E-state index >= 15 is 0 Å². The van der Waals surface area contributed by atoms with Crippen molar-refractivity contribution in [1.29, 1.82) is 0 Å². The summed E-state index contributed by atoms with van der Waals surface area (Å²) in [5.74, 6) is -1.68. The van der Waals surface area contributed by atoms with E-state index < -0.39 is 11.9 Å². The Hall–Kier alpha value is -0.701. The molecule has 1 rings (SSSR count). The van der Waals surface area contributed by atoms with Gasteiger partial charge in [0, 0.05) is 39.3 Å². The van der Waals surface area contributed by atoms with Gasteiger partial charge in [-0.25, -0.2) is 0 Å². The number of nitrogens with zero attached hydrogens (tertiary/aromatic N) is 3. The van der Waals surface area contributed by atoms with Crippen LogP contribution in [-0.4, -0.2) is 101 Å². The van der Waals surface area contributed by atoms with Crippen molar-refractivity contribution in [1.82, 2.24) is 14.7 Å². The minimum atomic E-state index is -0.841. The maximum atomic E-state index is 10.8. The Balaban J connectivity index is 0. The van der Waals surface area contributed by atoms with E-state index in [0.717, 1.165) is 19.6 Å². The van der Waals surface area contributed by atoms with E-state index in [2.05, 4.69) is 11.8 Å². The van der Waals surface area contributed by atoms with Crippen LogP contribution < -0.4 is 0 Å². The van der Waals surface area contributed by atoms with Gasteiger partial charge in [0.05, 0.1) is 13.1 Å². The third-order valence-electron chi connectivity index (χ3n) is 3.36. The number of hydrogen-bond donors (Lipinski definition) is 2. The number of hydrogen-bond acceptors (Lipinski definition) is 5. The van der Waals surface area contributed by atoms with Crippen molar-refractivity contribution in [2.24, 2.45) is 0 Å². The Morgan fingerprint density at radius 3 is 1.33 bits per heavy atom. The molecule has 0 aromatic rings. The fourth-order valence-corrected chi connectivity index (χ4v) is 2.20. The second kappa shape index (κ2) is 11.9. The molecule has 9 heteroatoms. The normalized spacial score (nSPS) is 18.5. The first-order valence-electron chi connectivity index (χ1n) is 6.62. The van der Waals surface area contributed by atoms with Crippen LogP contribution in [0.5, 0.6) is 0 Å². The Morgan fingerprint density at radius 2 is 1.10 bits per heavy atom. The second-order valence-electron chi connectivity index (χ2n) is 4.77. The van der Waals surface area contributed by atoms with Crippen LogP contribution in [0.15, 0.2) is 0 Å². The van der Waals surface area contributed by atoms with Gasteiger partial charge in [-0.1, -0.05) is 6.92 Å². The third-order valence-corrected chi connectivity index (χ3v) is 3.36. The number of rotatable bonds is 5. The van der Waals surface area contributed by atoms with Crippen molar-refractivity contribution in [3.63, 3.8) is 0 Å². The van der Waals surface area contributed by atoms with Crippen LogP contribution >= 0.6 is 0 Å². The summed E-state index contributed by atoms with van der Waals surface area (Å²) < 4.78 is 0. The van der Waals surface area contributed by atoms with Crippen LogP contribution in [0.1, 0.15) is 6.92 Å². The number of carbonyl (C=O) groups is 2. The van der Waals surface area contributed by atoms with E-state index in [0.29, 0.717) is 26.2 Å². The number of aliphatic carboxylic acids is 2. The Labute approximate surface area is 135 Å². The first-order valence-corrected chi connectivity index (χ1v) is 6.62. The molecule has 1 saturated heterocycles. The predicted octanol–water partition coefficient (Wildman–Crippen LogP) is -1.73. The SMILES string of the molecule is CCN1CCN(CC(=O)O)CCN(CC(=O)O)CC1.O.[Mn+3]. The summed E-state index contributed by atoms with van der Waals surface area (Å²) in [6.07, 6.45) is 0. The van der Waals surface area contributed by atoms with Crippen molar-refractivity contribution in [2.45, 2.75) is 6.92 Å². The van der Waals surface area contributed by atoms with Crippen LogP contribution in [0.25, 0.3) is 0 Å². The van der Waals surface area contributed by atoms with Gasteiger partial charge >= 0.3 is 29.0 Å². The van der Waals surface area contributed by atoms with E-state index in [1.165, 1.54) is 0 Å². The molecule has 0 aromatic heterocycles. The minimum Gasteiger partial charge on any atom is -0.480 e. The maximum absolute atomic E-state index is 10.8. The van der Waals surface area contributed by atoms with Crippen molar-refractivity contribution < 1.29 is 42.3 Å². The molecule has 1 aliphatic rings. The summed E-state index contributed by atoms with van der Waals surface area (Å²) in [6.45, 7) is 7.23. The van der Waals surface area contributed by atoms with Gasteiger partial charge < -0.3 is 20.6 Å². The first kappa shape index (κ1) is 22.6. The van der Waals surface area contributed by atoms with Gasteiger partial charge in [0.2, 0.25) is 0 Å². The zero-order valence-electron chi connectivity index (χ0n) is 12.3. The fourth-order valence-electron chi connectivity index (χ4n) is 2.20. The zero-order chi connectivity index (χ0) is 14.3. The summed E-state index contributed by atoms with van der Waals surface area (Å²) in [6, 6.07) is 0. The van der Waals surface area contributed by atoms with Crippen LogP contribution in [0.3, 0.4) is 0 Å². The predicted molar refractivity (Wildman–Crippen MR) is 73.9 cm³/mol. The second-order valence-corrected chi connectivity index (χ2v) is 4.77. The quantitative estimate of drug-likeness (QED) is 0.568. The molecule has 0 unspecified atom stereocenters. The van der Waals surface area contributed by atoms with Gasteiger partial charge in [-0.3, -0.25) is 19.4 Å². The molecule has 0 saturated carbocycles. The smallest absolute Gasteiger partial charge is 0.480 e. The molecule has 4 N–H and O–H groups in total. The topological polar surface area (TPSA) is 116 Å². The van der Waals surface area contributed by atoms with Gasteiger partial charge in [0.1, 0.15) is 0 Å². The van der Waals surface area contributed by atoms with E-state index in [1.807, 2.05) is 9.80 Å². The monoisotopic (exact) mass is 346 g/mol. The Bertz CT molecular complexity index is 291. The van der Waals surface area contributed by atoms with E-state index in [4.69, 9.17) is 10.2 Å². The van der Waals surface area contributed by atoms with Gasteiger partial charge in [0.25, 0.3) is 0 Å². The molecule has 1 fully saturated rings. The van der Waals surface area contributed by atoms with Crippen molar-refractivity contribution in [3.8, 4) is 0 Å². The molecule has 0 atom stereocenters. The molecule has 8 nitrogen and oxygen atoms in total. The van der Waals surface area contributed by atoms with Gasteiger partial charge in [-0.15, -0.1) is 0 Å². The van der Waals surface area contributed by atoms with E-state index in [-0.39, 0.29) is 35.6 Å². The largest absolute Gasteiger partial charge is 3.00 e. The molecular formula is C12H25MnN3O5+3. The molecule has 122 valence electrons. The van der Waals surface area contributed by atoms with Crippen molar-refractivity contribution >= 4 is 11.9 Å². The van der Waals surface area contributed by atoms with E-state index in [1.54, 1.807) is 0 Å². The number of likely N-dealkylation sites (N-methyl/N-ethyl adjacent to an activating group) is 1. The molecule has 0 spiro atoms. The summed E-state index contributed by atoms with van der Waals surface area (Å²) in [4.78, 5) is 27.5. The molecule has 0 bridgehead atoms. The Kier molecular flexibility index (Phi) is 12.8. The molecular weight excluding hydrogens is 321 g/mol. The molecule has 0 aliphatic carbocycles. The molecule has 21 heavy (non-hydrogen) atoms. The molecule has 0 aromatic carbocycles. The van der Waals surface area contributed by atoms with Crippen molar-refractivity contribution in [3.05, 3.63) is 0 Å². The third kappa shape index (κ3) is 9.78. The number of carboxylic acid groups (broad SMARTS) is 2. The van der Waals surface area contributed by atoms with Crippen LogP contribution in [0.4, 0.5) is 0 Å². The maximum Gasteiger partial charge on any atom is 3.00 e. The van der Waals surface area contributed by atoms with Crippen LogP contribution in [0, 0.1) is 0 Å². The van der Waals surface area contributed by atoms with Gasteiger partial charge in [-0.05, 0) is 6.54 Å². The van der Waals surface area contributed by atoms with Crippen LogP contribution in [0.2, 0.25) is 0 Å².